The van der Waals surface area contributed by atoms with E-state index in [0.717, 1.165) is 38.5 Å². The molecule has 0 saturated heterocycles. The van der Waals surface area contributed by atoms with E-state index < -0.39 is 6.10 Å². The molecular weight excluding hydrogens is 488 g/mol. The normalized spacial score (nSPS) is 11.7. The molecule has 0 saturated carbocycles. The van der Waals surface area contributed by atoms with Crippen molar-refractivity contribution in [2.24, 2.45) is 0 Å². The Hall–Kier alpha value is -2.67. The summed E-state index contributed by atoms with van der Waals surface area (Å²) in [6.07, 6.45) is 4.54. The highest BCUT2D eigenvalue weighted by Gasteiger charge is 2.15. The van der Waals surface area contributed by atoms with E-state index in [9.17, 15) is 5.11 Å². The second-order valence-corrected chi connectivity index (χ2v) is 8.73. The molecule has 12 nitrogen and oxygen atoms in total. The highest BCUT2D eigenvalue weighted by atomic mass is 32.2. The van der Waals surface area contributed by atoms with Crippen molar-refractivity contribution in [2.45, 2.75) is 77.5 Å². The summed E-state index contributed by atoms with van der Waals surface area (Å²) >= 11 is 1.24. The zero-order chi connectivity index (χ0) is 26.0. The van der Waals surface area contributed by atoms with Gasteiger partial charge in [-0.3, -0.25) is 0 Å². The van der Waals surface area contributed by atoms with Crippen LogP contribution in [0, 0.1) is 0 Å². The van der Waals surface area contributed by atoms with Gasteiger partial charge >= 0.3 is 30.1 Å². The van der Waals surface area contributed by atoms with Gasteiger partial charge in [0.1, 0.15) is 6.61 Å². The molecule has 2 rings (SSSR count). The summed E-state index contributed by atoms with van der Waals surface area (Å²) in [5.41, 5.74) is 0. The number of ether oxygens (including phenoxy) is 5. The molecule has 0 amide bonds. The lowest BCUT2D eigenvalue weighted by atomic mass is 10.4. The van der Waals surface area contributed by atoms with Crippen LogP contribution < -0.4 is 23.7 Å². The molecule has 0 fully saturated rings. The largest absolute Gasteiger partial charge is 0.463 e. The molecule has 1 N–H and O–H groups in total. The van der Waals surface area contributed by atoms with Crippen molar-refractivity contribution >= 4 is 11.8 Å². The van der Waals surface area contributed by atoms with Crippen LogP contribution in [0.25, 0.3) is 0 Å². The first-order valence-corrected chi connectivity index (χ1v) is 13.5. The Bertz CT molecular complexity index is 826. The van der Waals surface area contributed by atoms with Crippen LogP contribution in [-0.2, 0) is 0 Å². The van der Waals surface area contributed by atoms with Crippen LogP contribution in [0.5, 0.6) is 30.1 Å². The van der Waals surface area contributed by atoms with Crippen LogP contribution in [0.1, 0.15) is 66.2 Å². The third-order valence-electron chi connectivity index (χ3n) is 4.29. The average Bonchev–Trinajstić information content (AvgIpc) is 2.88. The SMILES string of the molecule is CCCCOc1nc(OCCCC)nc(SCC(O)COc2nc(OCCC)nc(OCCC)n2)n1. The second kappa shape index (κ2) is 17.7. The fraction of sp³-hybridized carbons (Fsp3) is 0.739. The van der Waals surface area contributed by atoms with Gasteiger partial charge in [0.2, 0.25) is 0 Å². The number of aromatic nitrogens is 6. The van der Waals surface area contributed by atoms with Gasteiger partial charge in [-0.2, -0.15) is 9.97 Å². The summed E-state index contributed by atoms with van der Waals surface area (Å²) in [7, 11) is 0. The van der Waals surface area contributed by atoms with Gasteiger partial charge in [0.05, 0.1) is 32.5 Å². The molecule has 0 spiro atoms. The number of nitrogens with zero attached hydrogens (tertiary/aromatic N) is 6. The summed E-state index contributed by atoms with van der Waals surface area (Å²) in [6, 6.07) is 0.677. The topological polar surface area (TPSA) is 144 Å². The minimum absolute atomic E-state index is 0.0182. The molecule has 36 heavy (non-hydrogen) atoms. The molecular formula is C23H38N6O6S. The van der Waals surface area contributed by atoms with E-state index in [1.54, 1.807) is 0 Å². The smallest absolute Gasteiger partial charge is 0.325 e. The third-order valence-corrected chi connectivity index (χ3v) is 5.28. The van der Waals surface area contributed by atoms with Crippen LogP contribution in [0.4, 0.5) is 0 Å². The molecule has 0 radical (unpaired) electrons. The lowest BCUT2D eigenvalue weighted by Gasteiger charge is -2.13. The lowest BCUT2D eigenvalue weighted by Crippen LogP contribution is -2.21. The van der Waals surface area contributed by atoms with Gasteiger partial charge in [0, 0.05) is 5.75 Å². The molecule has 1 unspecified atom stereocenters. The summed E-state index contributed by atoms with van der Waals surface area (Å²) in [5, 5.41) is 10.9. The van der Waals surface area contributed by atoms with Gasteiger partial charge < -0.3 is 28.8 Å². The van der Waals surface area contributed by atoms with Gasteiger partial charge in [-0.1, -0.05) is 52.3 Å². The third kappa shape index (κ3) is 11.8. The maximum Gasteiger partial charge on any atom is 0.325 e. The molecule has 0 aromatic carbocycles. The molecule has 0 bridgehead atoms. The minimum Gasteiger partial charge on any atom is -0.463 e. The Labute approximate surface area is 216 Å². The molecule has 13 heteroatoms. The fourth-order valence-electron chi connectivity index (χ4n) is 2.42. The van der Waals surface area contributed by atoms with Gasteiger partial charge in [0.15, 0.2) is 5.16 Å². The van der Waals surface area contributed by atoms with Crippen molar-refractivity contribution in [3.8, 4) is 30.1 Å². The summed E-state index contributed by atoms with van der Waals surface area (Å²) in [6.45, 7) is 9.99. The molecule has 0 aliphatic rings. The van der Waals surface area contributed by atoms with Crippen molar-refractivity contribution < 1.29 is 28.8 Å². The van der Waals surface area contributed by atoms with Crippen LogP contribution in [-0.4, -0.2) is 79.9 Å². The van der Waals surface area contributed by atoms with Crippen molar-refractivity contribution in [3.05, 3.63) is 0 Å². The summed E-state index contributed by atoms with van der Waals surface area (Å²) in [5.74, 6) is 0.260. The van der Waals surface area contributed by atoms with Gasteiger partial charge in [-0.05, 0) is 25.7 Å². The Morgan fingerprint density at radius 1 is 0.583 bits per heavy atom. The van der Waals surface area contributed by atoms with Gasteiger partial charge in [0.25, 0.3) is 0 Å². The Morgan fingerprint density at radius 2 is 1.00 bits per heavy atom. The van der Waals surface area contributed by atoms with E-state index in [0.29, 0.717) is 31.6 Å². The van der Waals surface area contributed by atoms with E-state index >= 15 is 0 Å². The first-order chi connectivity index (χ1) is 17.6. The maximum atomic E-state index is 10.5. The highest BCUT2D eigenvalue weighted by Crippen LogP contribution is 2.21. The minimum atomic E-state index is -0.850. The predicted molar refractivity (Wildman–Crippen MR) is 134 cm³/mol. The summed E-state index contributed by atoms with van der Waals surface area (Å²) in [4.78, 5) is 25.3. The number of aliphatic hydroxyl groups excluding tert-OH is 1. The van der Waals surface area contributed by atoms with Crippen LogP contribution in [0.2, 0.25) is 0 Å². The summed E-state index contributed by atoms with van der Waals surface area (Å²) < 4.78 is 27.8. The molecule has 1 atom stereocenters. The molecule has 0 aliphatic carbocycles. The Kier molecular flexibility index (Phi) is 14.5. The number of unbranched alkanes of at least 4 members (excludes halogenated alkanes) is 2. The van der Waals surface area contributed by atoms with Crippen LogP contribution >= 0.6 is 11.8 Å². The quantitative estimate of drug-likeness (QED) is 0.199. The van der Waals surface area contributed by atoms with Gasteiger partial charge in [-0.15, -0.1) is 19.9 Å². The van der Waals surface area contributed by atoms with Crippen molar-refractivity contribution in [1.29, 1.82) is 0 Å². The number of hydrogen-bond donors (Lipinski definition) is 1. The van der Waals surface area contributed by atoms with Crippen molar-refractivity contribution in [3.63, 3.8) is 0 Å². The average molecular weight is 527 g/mol. The lowest BCUT2D eigenvalue weighted by molar-refractivity contribution is 0.117. The Morgan fingerprint density at radius 3 is 1.44 bits per heavy atom. The first kappa shape index (κ1) is 29.6. The van der Waals surface area contributed by atoms with E-state index in [-0.39, 0.29) is 42.4 Å². The zero-order valence-electron chi connectivity index (χ0n) is 21.6. The first-order valence-electron chi connectivity index (χ1n) is 12.5. The monoisotopic (exact) mass is 526 g/mol. The van der Waals surface area contributed by atoms with Crippen molar-refractivity contribution in [1.82, 2.24) is 29.9 Å². The maximum absolute atomic E-state index is 10.5. The van der Waals surface area contributed by atoms with E-state index in [1.807, 2.05) is 13.8 Å². The fourth-order valence-corrected chi connectivity index (χ4v) is 3.14. The van der Waals surface area contributed by atoms with E-state index in [1.165, 1.54) is 11.8 Å². The van der Waals surface area contributed by atoms with E-state index in [2.05, 4.69) is 43.8 Å². The number of thioether (sulfide) groups is 1. The van der Waals surface area contributed by atoms with Crippen LogP contribution in [0.15, 0.2) is 5.16 Å². The van der Waals surface area contributed by atoms with Crippen molar-refractivity contribution in [2.75, 3.05) is 38.8 Å². The molecule has 2 aromatic rings. The highest BCUT2D eigenvalue weighted by molar-refractivity contribution is 7.99. The molecule has 0 aliphatic heterocycles. The predicted octanol–water partition coefficient (Wildman–Crippen LogP) is 3.52. The molecule has 2 aromatic heterocycles. The standard InChI is InChI=1S/C23H38N6O6S/c1-5-9-13-33-21-27-22(34-14-10-6-2)29-23(28-21)36-16-17(30)15-35-20-25-18(31-11-7-3)24-19(26-20)32-12-8-4/h17,30H,5-16H2,1-4H3. The van der Waals surface area contributed by atoms with Crippen LogP contribution in [0.3, 0.4) is 0 Å². The number of hydrogen-bond acceptors (Lipinski definition) is 13. The van der Waals surface area contributed by atoms with Gasteiger partial charge in [-0.25, -0.2) is 0 Å². The second-order valence-electron chi connectivity index (χ2n) is 7.74. The number of rotatable bonds is 20. The number of aliphatic hydroxyl groups is 1. The molecule has 202 valence electrons. The van der Waals surface area contributed by atoms with E-state index in [4.69, 9.17) is 23.7 Å². The Balaban J connectivity index is 1.96. The zero-order valence-corrected chi connectivity index (χ0v) is 22.5. The molecule has 2 heterocycles.